The topological polar surface area (TPSA) is 55.4 Å². The van der Waals surface area contributed by atoms with Crippen molar-refractivity contribution in [2.24, 2.45) is 0 Å². The molecule has 94 valence electrons. The van der Waals surface area contributed by atoms with Gasteiger partial charge in [0.15, 0.2) is 0 Å². The van der Waals surface area contributed by atoms with Gasteiger partial charge in [0, 0.05) is 11.0 Å². The average Bonchev–Trinajstić information content (AvgIpc) is 2.59. The van der Waals surface area contributed by atoms with Gasteiger partial charge in [0.2, 0.25) is 0 Å². The maximum atomic E-state index is 11.7. The lowest BCUT2D eigenvalue weighted by molar-refractivity contribution is -0.142. The van der Waals surface area contributed by atoms with E-state index in [9.17, 15) is 9.59 Å². The van der Waals surface area contributed by atoms with Crippen molar-refractivity contribution < 1.29 is 14.3 Å². The lowest BCUT2D eigenvalue weighted by Gasteiger charge is -2.03. The van der Waals surface area contributed by atoms with Crippen molar-refractivity contribution in [3.8, 4) is 0 Å². The summed E-state index contributed by atoms with van der Waals surface area (Å²) in [6.07, 6.45) is 0.188. The van der Waals surface area contributed by atoms with E-state index in [4.69, 9.17) is 4.74 Å². The van der Waals surface area contributed by atoms with Crippen LogP contribution in [-0.4, -0.2) is 25.0 Å². The van der Waals surface area contributed by atoms with Crippen LogP contribution in [0.3, 0.4) is 0 Å². The molecular weight excluding hydrogens is 374 g/mol. The number of amides is 1. The molecule has 1 heterocycles. The monoisotopic (exact) mass is 383 g/mol. The molecule has 1 amide bonds. The molecular formula is C10H11Br2NO3S. The standard InChI is InChI=1S/C10H11Br2NO3S/c1-2-16-8(14)3-4-13-10(15)7-5-6(11)9(12)17-7/h5H,2-4H2,1H3,(H,13,15). The van der Waals surface area contributed by atoms with E-state index in [2.05, 4.69) is 37.2 Å². The molecule has 0 bridgehead atoms. The third-order valence-corrected chi connectivity index (χ3v) is 5.04. The minimum atomic E-state index is -0.304. The summed E-state index contributed by atoms with van der Waals surface area (Å²) in [5.41, 5.74) is 0. The van der Waals surface area contributed by atoms with Gasteiger partial charge >= 0.3 is 5.97 Å². The Bertz CT molecular complexity index is 400. The molecule has 0 spiro atoms. The number of carbonyl (C=O) groups excluding carboxylic acids is 2. The van der Waals surface area contributed by atoms with Crippen molar-refractivity contribution >= 4 is 55.1 Å². The fourth-order valence-corrected chi connectivity index (χ4v) is 3.01. The molecule has 0 aliphatic carbocycles. The Hall–Kier alpha value is -0.400. The minimum Gasteiger partial charge on any atom is -0.466 e. The number of nitrogens with one attached hydrogen (secondary N) is 1. The van der Waals surface area contributed by atoms with Crippen LogP contribution in [0.25, 0.3) is 0 Å². The minimum absolute atomic E-state index is 0.188. The van der Waals surface area contributed by atoms with Crippen LogP contribution in [0.15, 0.2) is 14.3 Å². The third-order valence-electron chi connectivity index (χ3n) is 1.79. The van der Waals surface area contributed by atoms with Gasteiger partial charge in [0.25, 0.3) is 5.91 Å². The number of halogens is 2. The van der Waals surface area contributed by atoms with Gasteiger partial charge < -0.3 is 10.1 Å². The van der Waals surface area contributed by atoms with E-state index in [1.54, 1.807) is 13.0 Å². The lowest BCUT2D eigenvalue weighted by atomic mass is 10.4. The van der Waals surface area contributed by atoms with Crippen LogP contribution < -0.4 is 5.32 Å². The molecule has 0 saturated heterocycles. The molecule has 0 aromatic carbocycles. The van der Waals surface area contributed by atoms with Crippen LogP contribution in [0.5, 0.6) is 0 Å². The van der Waals surface area contributed by atoms with Crippen molar-refractivity contribution in [2.45, 2.75) is 13.3 Å². The fourth-order valence-electron chi connectivity index (χ4n) is 1.06. The smallest absolute Gasteiger partial charge is 0.307 e. The van der Waals surface area contributed by atoms with Crippen molar-refractivity contribution in [1.82, 2.24) is 5.32 Å². The Morgan fingerprint density at radius 3 is 2.71 bits per heavy atom. The Balaban J connectivity index is 2.37. The molecule has 1 aromatic heterocycles. The molecule has 4 nitrogen and oxygen atoms in total. The molecule has 17 heavy (non-hydrogen) atoms. The summed E-state index contributed by atoms with van der Waals surface area (Å²) >= 11 is 7.95. The van der Waals surface area contributed by atoms with E-state index >= 15 is 0 Å². The highest BCUT2D eigenvalue weighted by molar-refractivity contribution is 9.13. The highest BCUT2D eigenvalue weighted by Crippen LogP contribution is 2.32. The van der Waals surface area contributed by atoms with Crippen molar-refractivity contribution in [1.29, 1.82) is 0 Å². The zero-order valence-electron chi connectivity index (χ0n) is 9.09. The third kappa shape index (κ3) is 4.77. The molecule has 0 aliphatic rings. The van der Waals surface area contributed by atoms with Crippen molar-refractivity contribution in [3.05, 3.63) is 19.2 Å². The van der Waals surface area contributed by atoms with E-state index < -0.39 is 0 Å². The molecule has 0 fully saturated rings. The number of carbonyl (C=O) groups is 2. The quantitative estimate of drug-likeness (QED) is 0.794. The van der Waals surface area contributed by atoms with Gasteiger partial charge in [-0.2, -0.15) is 0 Å². The highest BCUT2D eigenvalue weighted by atomic mass is 79.9. The van der Waals surface area contributed by atoms with Gasteiger partial charge in [-0.15, -0.1) is 11.3 Å². The second-order valence-corrected chi connectivity index (χ2v) is 6.27. The summed E-state index contributed by atoms with van der Waals surface area (Å²) in [4.78, 5) is 23.3. The van der Waals surface area contributed by atoms with E-state index in [0.29, 0.717) is 11.5 Å². The maximum Gasteiger partial charge on any atom is 0.307 e. The largest absolute Gasteiger partial charge is 0.466 e. The first-order valence-electron chi connectivity index (χ1n) is 4.93. The molecule has 0 atom stereocenters. The van der Waals surface area contributed by atoms with E-state index in [0.717, 1.165) is 8.26 Å². The molecule has 0 aliphatic heterocycles. The summed E-state index contributed by atoms with van der Waals surface area (Å²) in [7, 11) is 0. The number of ether oxygens (including phenoxy) is 1. The number of hydrogen-bond acceptors (Lipinski definition) is 4. The molecule has 0 saturated carbocycles. The second-order valence-electron chi connectivity index (χ2n) is 3.04. The normalized spacial score (nSPS) is 10.1. The molecule has 1 aromatic rings. The van der Waals surface area contributed by atoms with Crippen LogP contribution in [0.4, 0.5) is 0 Å². The number of hydrogen-bond donors (Lipinski definition) is 1. The summed E-state index contributed by atoms with van der Waals surface area (Å²) in [5, 5.41) is 2.66. The van der Waals surface area contributed by atoms with Gasteiger partial charge in [-0.05, 0) is 44.8 Å². The first-order valence-corrected chi connectivity index (χ1v) is 7.33. The van der Waals surface area contributed by atoms with Crippen LogP contribution >= 0.6 is 43.2 Å². The van der Waals surface area contributed by atoms with Gasteiger partial charge in [-0.25, -0.2) is 0 Å². The van der Waals surface area contributed by atoms with Crippen molar-refractivity contribution in [2.75, 3.05) is 13.2 Å². The Kier molecular flexibility index (Phi) is 6.15. The number of rotatable bonds is 5. The Morgan fingerprint density at radius 1 is 1.47 bits per heavy atom. The SMILES string of the molecule is CCOC(=O)CCNC(=O)c1cc(Br)c(Br)s1. The zero-order valence-corrected chi connectivity index (χ0v) is 13.1. The molecule has 7 heteroatoms. The van der Waals surface area contributed by atoms with E-state index in [1.807, 2.05) is 0 Å². The fraction of sp³-hybridized carbons (Fsp3) is 0.400. The van der Waals surface area contributed by atoms with Gasteiger partial charge in [0.1, 0.15) is 0 Å². The highest BCUT2D eigenvalue weighted by Gasteiger charge is 2.12. The Morgan fingerprint density at radius 2 is 2.18 bits per heavy atom. The number of thiophene rings is 1. The first-order chi connectivity index (χ1) is 8.04. The maximum absolute atomic E-state index is 11.7. The van der Waals surface area contributed by atoms with E-state index in [1.165, 1.54) is 11.3 Å². The Labute approximate surface area is 120 Å². The van der Waals surface area contributed by atoms with Crippen LogP contribution in [0.1, 0.15) is 23.0 Å². The molecule has 0 unspecified atom stereocenters. The second kappa shape index (κ2) is 7.13. The molecule has 0 radical (unpaired) electrons. The molecule has 1 N–H and O–H groups in total. The predicted molar refractivity (Wildman–Crippen MR) is 73.3 cm³/mol. The summed E-state index contributed by atoms with van der Waals surface area (Å²) in [6, 6.07) is 1.73. The van der Waals surface area contributed by atoms with Crippen LogP contribution in [0, 0.1) is 0 Å². The van der Waals surface area contributed by atoms with Crippen LogP contribution in [0.2, 0.25) is 0 Å². The first kappa shape index (κ1) is 14.7. The lowest BCUT2D eigenvalue weighted by Crippen LogP contribution is -2.25. The average molecular weight is 385 g/mol. The number of esters is 1. The summed E-state index contributed by atoms with van der Waals surface area (Å²) in [5.74, 6) is -0.493. The summed E-state index contributed by atoms with van der Waals surface area (Å²) in [6.45, 7) is 2.39. The van der Waals surface area contributed by atoms with Crippen molar-refractivity contribution in [3.63, 3.8) is 0 Å². The molecule has 1 rings (SSSR count). The van der Waals surface area contributed by atoms with Gasteiger partial charge in [-0.1, -0.05) is 0 Å². The van der Waals surface area contributed by atoms with Crippen LogP contribution in [-0.2, 0) is 9.53 Å². The van der Waals surface area contributed by atoms with Gasteiger partial charge in [0.05, 0.1) is 21.7 Å². The zero-order chi connectivity index (χ0) is 12.8. The van der Waals surface area contributed by atoms with E-state index in [-0.39, 0.29) is 24.8 Å². The summed E-state index contributed by atoms with van der Waals surface area (Å²) < 4.78 is 6.46. The predicted octanol–water partition coefficient (Wildman–Crippen LogP) is 2.96. The van der Waals surface area contributed by atoms with Gasteiger partial charge in [-0.3, -0.25) is 9.59 Å².